The van der Waals surface area contributed by atoms with Crippen molar-refractivity contribution in [3.63, 3.8) is 0 Å². The second-order valence-electron chi connectivity index (χ2n) is 5.58. The molecule has 0 spiro atoms. The van der Waals surface area contributed by atoms with Crippen LogP contribution in [0.1, 0.15) is 21.5 Å². The van der Waals surface area contributed by atoms with Crippen LogP contribution in [0.2, 0.25) is 0 Å². The van der Waals surface area contributed by atoms with Gasteiger partial charge in [0.2, 0.25) is 0 Å². The van der Waals surface area contributed by atoms with E-state index in [9.17, 15) is 4.79 Å². The van der Waals surface area contributed by atoms with Gasteiger partial charge in [0.15, 0.2) is 5.78 Å². The van der Waals surface area contributed by atoms with E-state index in [-0.39, 0.29) is 12.4 Å². The van der Waals surface area contributed by atoms with Crippen LogP contribution in [0.5, 0.6) is 0 Å². The van der Waals surface area contributed by atoms with Crippen LogP contribution >= 0.6 is 0 Å². The van der Waals surface area contributed by atoms with Gasteiger partial charge in [-0.2, -0.15) is 0 Å². The van der Waals surface area contributed by atoms with Crippen LogP contribution < -0.4 is 0 Å². The molecule has 0 unspecified atom stereocenters. The van der Waals surface area contributed by atoms with Crippen LogP contribution in [0.4, 0.5) is 0 Å². The molecule has 20 heavy (non-hydrogen) atoms. The summed E-state index contributed by atoms with van der Waals surface area (Å²) in [5.41, 5.74) is 3.10. The number of aryl methyl sites for hydroxylation is 2. The zero-order valence-corrected chi connectivity index (χ0v) is 12.4. The van der Waals surface area contributed by atoms with Crippen molar-refractivity contribution in [2.75, 3.05) is 45.9 Å². The number of benzene rings is 1. The fourth-order valence-electron chi connectivity index (χ4n) is 2.73. The van der Waals surface area contributed by atoms with E-state index in [1.807, 2.05) is 26.0 Å². The first-order valence-corrected chi connectivity index (χ1v) is 7.26. The van der Waals surface area contributed by atoms with Gasteiger partial charge in [-0.1, -0.05) is 23.8 Å². The van der Waals surface area contributed by atoms with Gasteiger partial charge in [0.25, 0.3) is 0 Å². The summed E-state index contributed by atoms with van der Waals surface area (Å²) in [6, 6.07) is 6.00. The smallest absolute Gasteiger partial charge is 0.177 e. The SMILES string of the molecule is Cc1ccc(C(=O)CN2CCN(CCO)CC2)c(C)c1. The van der Waals surface area contributed by atoms with Gasteiger partial charge in [0, 0.05) is 38.3 Å². The average molecular weight is 276 g/mol. The van der Waals surface area contributed by atoms with Crippen molar-refractivity contribution in [2.24, 2.45) is 0 Å². The van der Waals surface area contributed by atoms with Crippen LogP contribution in [0, 0.1) is 13.8 Å². The summed E-state index contributed by atoms with van der Waals surface area (Å²) in [5, 5.41) is 8.92. The number of carbonyl (C=O) groups is 1. The largest absolute Gasteiger partial charge is 0.395 e. The molecule has 1 fully saturated rings. The molecule has 0 aromatic heterocycles. The number of ketones is 1. The normalized spacial score (nSPS) is 17.4. The Hall–Kier alpha value is -1.23. The first-order chi connectivity index (χ1) is 9.60. The highest BCUT2D eigenvalue weighted by Gasteiger charge is 2.19. The van der Waals surface area contributed by atoms with Gasteiger partial charge in [-0.25, -0.2) is 0 Å². The van der Waals surface area contributed by atoms with Crippen molar-refractivity contribution < 1.29 is 9.90 Å². The molecule has 2 rings (SSSR count). The third-order valence-electron chi connectivity index (χ3n) is 3.93. The van der Waals surface area contributed by atoms with Crippen molar-refractivity contribution >= 4 is 5.78 Å². The number of piperazine rings is 1. The maximum atomic E-state index is 12.4. The predicted octanol–water partition coefficient (Wildman–Crippen LogP) is 1.10. The summed E-state index contributed by atoms with van der Waals surface area (Å²) >= 11 is 0. The third-order valence-corrected chi connectivity index (χ3v) is 3.93. The lowest BCUT2D eigenvalue weighted by molar-refractivity contribution is 0.0822. The van der Waals surface area contributed by atoms with E-state index in [0.717, 1.165) is 43.9 Å². The zero-order chi connectivity index (χ0) is 14.5. The molecule has 1 aliphatic rings. The Labute approximate surface area is 121 Å². The maximum Gasteiger partial charge on any atom is 0.177 e. The monoisotopic (exact) mass is 276 g/mol. The first-order valence-electron chi connectivity index (χ1n) is 7.26. The second-order valence-corrected chi connectivity index (χ2v) is 5.58. The van der Waals surface area contributed by atoms with Crippen LogP contribution in [0.3, 0.4) is 0 Å². The van der Waals surface area contributed by atoms with Crippen LogP contribution in [0.15, 0.2) is 18.2 Å². The molecule has 0 radical (unpaired) electrons. The quantitative estimate of drug-likeness (QED) is 0.818. The van der Waals surface area contributed by atoms with Gasteiger partial charge in [-0.15, -0.1) is 0 Å². The molecule has 110 valence electrons. The summed E-state index contributed by atoms with van der Waals surface area (Å²) in [6.07, 6.45) is 0. The summed E-state index contributed by atoms with van der Waals surface area (Å²) in [5.74, 6) is 0.207. The van der Waals surface area contributed by atoms with Crippen molar-refractivity contribution in [3.05, 3.63) is 34.9 Å². The third kappa shape index (κ3) is 3.88. The topological polar surface area (TPSA) is 43.8 Å². The van der Waals surface area contributed by atoms with E-state index in [0.29, 0.717) is 6.54 Å². The molecule has 1 aliphatic heterocycles. The fraction of sp³-hybridized carbons (Fsp3) is 0.562. The van der Waals surface area contributed by atoms with Crippen molar-refractivity contribution in [3.8, 4) is 0 Å². The lowest BCUT2D eigenvalue weighted by atomic mass is 10.0. The highest BCUT2D eigenvalue weighted by Crippen LogP contribution is 2.12. The van der Waals surface area contributed by atoms with Gasteiger partial charge >= 0.3 is 0 Å². The van der Waals surface area contributed by atoms with Crippen LogP contribution in [0.25, 0.3) is 0 Å². The van der Waals surface area contributed by atoms with Crippen LogP contribution in [-0.4, -0.2) is 66.6 Å². The Morgan fingerprint density at radius 3 is 2.40 bits per heavy atom. The van der Waals surface area contributed by atoms with E-state index < -0.39 is 0 Å². The average Bonchev–Trinajstić information content (AvgIpc) is 2.41. The molecule has 1 aromatic carbocycles. The van der Waals surface area contributed by atoms with Crippen molar-refractivity contribution in [1.82, 2.24) is 9.80 Å². The van der Waals surface area contributed by atoms with Gasteiger partial charge in [0.1, 0.15) is 0 Å². The van der Waals surface area contributed by atoms with Gasteiger partial charge in [0.05, 0.1) is 13.2 Å². The Balaban J connectivity index is 1.89. The lowest BCUT2D eigenvalue weighted by Crippen LogP contribution is -2.48. The van der Waals surface area contributed by atoms with E-state index in [4.69, 9.17) is 5.11 Å². The molecule has 0 saturated carbocycles. The maximum absolute atomic E-state index is 12.4. The first kappa shape index (κ1) is 15.2. The molecular formula is C16H24N2O2. The minimum Gasteiger partial charge on any atom is -0.395 e. The Bertz CT molecular complexity index is 466. The molecule has 1 heterocycles. The summed E-state index contributed by atoms with van der Waals surface area (Å²) in [4.78, 5) is 16.8. The standard InChI is InChI=1S/C16H24N2O2/c1-13-3-4-15(14(2)11-13)16(20)12-18-7-5-17(6-8-18)9-10-19/h3-4,11,19H,5-10,12H2,1-2H3. The molecule has 0 atom stereocenters. The van der Waals surface area contributed by atoms with E-state index >= 15 is 0 Å². The Kier molecular flexibility index (Phi) is 5.29. The van der Waals surface area contributed by atoms with E-state index in [1.54, 1.807) is 0 Å². The molecular weight excluding hydrogens is 252 g/mol. The Morgan fingerprint density at radius 2 is 1.80 bits per heavy atom. The fourth-order valence-corrected chi connectivity index (χ4v) is 2.73. The number of β-amino-alcohol motifs (C(OH)–C–C–N with tert-alkyl or cyclic N) is 1. The number of Topliss-reactive ketones (excluding diaryl/α,β-unsaturated/α-hetero) is 1. The number of nitrogens with zero attached hydrogens (tertiary/aromatic N) is 2. The van der Waals surface area contributed by atoms with Gasteiger partial charge in [-0.3, -0.25) is 14.6 Å². The summed E-state index contributed by atoms with van der Waals surface area (Å²) < 4.78 is 0. The number of carbonyl (C=O) groups excluding carboxylic acids is 1. The van der Waals surface area contributed by atoms with E-state index in [2.05, 4.69) is 15.9 Å². The molecule has 0 aliphatic carbocycles. The highest BCUT2D eigenvalue weighted by atomic mass is 16.3. The minimum atomic E-state index is 0.207. The number of rotatable bonds is 5. The molecule has 0 amide bonds. The zero-order valence-electron chi connectivity index (χ0n) is 12.4. The van der Waals surface area contributed by atoms with Crippen molar-refractivity contribution in [2.45, 2.75) is 13.8 Å². The van der Waals surface area contributed by atoms with Gasteiger partial charge in [-0.05, 0) is 19.4 Å². The Morgan fingerprint density at radius 1 is 1.15 bits per heavy atom. The minimum absolute atomic E-state index is 0.207. The molecule has 4 nitrogen and oxygen atoms in total. The summed E-state index contributed by atoms with van der Waals surface area (Å²) in [7, 11) is 0. The van der Waals surface area contributed by atoms with Crippen molar-refractivity contribution in [1.29, 1.82) is 0 Å². The molecule has 0 bridgehead atoms. The van der Waals surface area contributed by atoms with E-state index in [1.165, 1.54) is 5.56 Å². The molecule has 1 aromatic rings. The molecule has 4 heteroatoms. The predicted molar refractivity (Wildman–Crippen MR) is 80.2 cm³/mol. The molecule has 1 saturated heterocycles. The number of aliphatic hydroxyl groups excluding tert-OH is 1. The molecule has 1 N–H and O–H groups in total. The van der Waals surface area contributed by atoms with Crippen LogP contribution in [-0.2, 0) is 0 Å². The number of aliphatic hydroxyl groups is 1. The van der Waals surface area contributed by atoms with Gasteiger partial charge < -0.3 is 5.11 Å². The number of hydrogen-bond donors (Lipinski definition) is 1. The lowest BCUT2D eigenvalue weighted by Gasteiger charge is -2.33. The second kappa shape index (κ2) is 6.97. The summed E-state index contributed by atoms with van der Waals surface area (Å²) in [6.45, 7) is 9.15. The highest BCUT2D eigenvalue weighted by molar-refractivity contribution is 5.98. The number of hydrogen-bond acceptors (Lipinski definition) is 4.